The van der Waals surface area contributed by atoms with Gasteiger partial charge in [-0.1, -0.05) is 79.5 Å². The predicted octanol–water partition coefficient (Wildman–Crippen LogP) is 5.57. The van der Waals surface area contributed by atoms with Crippen molar-refractivity contribution in [3.05, 3.63) is 95.0 Å². The summed E-state index contributed by atoms with van der Waals surface area (Å²) in [5.41, 5.74) is 1.93. The highest BCUT2D eigenvalue weighted by molar-refractivity contribution is 7.92. The van der Waals surface area contributed by atoms with Crippen LogP contribution >= 0.6 is 11.6 Å². The summed E-state index contributed by atoms with van der Waals surface area (Å²) in [6.45, 7) is 7.13. The van der Waals surface area contributed by atoms with Crippen molar-refractivity contribution < 1.29 is 18.0 Å². The molecule has 0 spiro atoms. The van der Waals surface area contributed by atoms with Crippen LogP contribution in [0.1, 0.15) is 44.7 Å². The maximum atomic E-state index is 14.0. The Kier molecular flexibility index (Phi) is 10.5. The van der Waals surface area contributed by atoms with Gasteiger partial charge in [-0.3, -0.25) is 13.9 Å². The van der Waals surface area contributed by atoms with E-state index in [0.717, 1.165) is 16.3 Å². The number of sulfonamides is 1. The van der Waals surface area contributed by atoms with Gasteiger partial charge in [0.05, 0.1) is 10.6 Å². The number of hydrogen-bond acceptors (Lipinski definition) is 4. The molecule has 0 saturated heterocycles. The normalized spacial score (nSPS) is 12.8. The van der Waals surface area contributed by atoms with Gasteiger partial charge in [0.2, 0.25) is 11.8 Å². The molecule has 2 unspecified atom stereocenters. The van der Waals surface area contributed by atoms with Crippen LogP contribution in [0.15, 0.2) is 83.8 Å². The molecule has 3 aromatic carbocycles. The summed E-state index contributed by atoms with van der Waals surface area (Å²) >= 11 is 6.43. The molecule has 0 heterocycles. The number of aryl methyl sites for hydroxylation is 1. The molecule has 0 aliphatic carbocycles. The zero-order chi connectivity index (χ0) is 28.6. The molecule has 2 amide bonds. The van der Waals surface area contributed by atoms with Crippen molar-refractivity contribution in [2.24, 2.45) is 0 Å². The van der Waals surface area contributed by atoms with Gasteiger partial charge in [0, 0.05) is 17.6 Å². The topological polar surface area (TPSA) is 86.8 Å². The van der Waals surface area contributed by atoms with E-state index in [2.05, 4.69) is 5.32 Å². The SMILES string of the molecule is CCC(C)NC(=O)C(CC)N(Cc1ccccc1Cl)C(=O)CN(c1ccccc1)S(=O)(=O)c1ccc(C)cc1. The lowest BCUT2D eigenvalue weighted by Crippen LogP contribution is -2.53. The molecular formula is C30H36ClN3O4S. The van der Waals surface area contributed by atoms with E-state index in [9.17, 15) is 18.0 Å². The number of halogens is 1. The van der Waals surface area contributed by atoms with Crippen molar-refractivity contribution >= 4 is 39.1 Å². The Balaban J connectivity index is 2.04. The number of rotatable bonds is 12. The fourth-order valence-electron chi connectivity index (χ4n) is 4.13. The number of anilines is 1. The Morgan fingerprint density at radius 2 is 1.51 bits per heavy atom. The van der Waals surface area contributed by atoms with Gasteiger partial charge in [0.15, 0.2) is 0 Å². The molecule has 0 radical (unpaired) electrons. The summed E-state index contributed by atoms with van der Waals surface area (Å²) in [7, 11) is -4.10. The number of hydrogen-bond donors (Lipinski definition) is 1. The van der Waals surface area contributed by atoms with Gasteiger partial charge in [0.25, 0.3) is 10.0 Å². The summed E-state index contributed by atoms with van der Waals surface area (Å²) in [6.07, 6.45) is 1.08. The molecule has 9 heteroatoms. The molecule has 39 heavy (non-hydrogen) atoms. The maximum Gasteiger partial charge on any atom is 0.264 e. The summed E-state index contributed by atoms with van der Waals surface area (Å²) in [4.78, 5) is 28.8. The molecule has 2 atom stereocenters. The number of carbonyl (C=O) groups excluding carboxylic acids is 2. The minimum Gasteiger partial charge on any atom is -0.352 e. The van der Waals surface area contributed by atoms with Crippen LogP contribution in [0.5, 0.6) is 0 Å². The number of carbonyl (C=O) groups is 2. The maximum absolute atomic E-state index is 14.0. The first-order valence-electron chi connectivity index (χ1n) is 13.1. The van der Waals surface area contributed by atoms with Crippen LogP contribution in [0.2, 0.25) is 5.02 Å². The monoisotopic (exact) mass is 569 g/mol. The van der Waals surface area contributed by atoms with Gasteiger partial charge >= 0.3 is 0 Å². The zero-order valence-electron chi connectivity index (χ0n) is 22.8. The third kappa shape index (κ3) is 7.61. The second-order valence-electron chi connectivity index (χ2n) is 9.52. The highest BCUT2D eigenvalue weighted by Crippen LogP contribution is 2.26. The smallest absolute Gasteiger partial charge is 0.264 e. The lowest BCUT2D eigenvalue weighted by atomic mass is 10.1. The average molecular weight is 570 g/mol. The van der Waals surface area contributed by atoms with Crippen molar-refractivity contribution in [3.8, 4) is 0 Å². The fourth-order valence-corrected chi connectivity index (χ4v) is 5.74. The van der Waals surface area contributed by atoms with Gasteiger partial charge in [0.1, 0.15) is 12.6 Å². The highest BCUT2D eigenvalue weighted by Gasteiger charge is 2.34. The number of benzene rings is 3. The van der Waals surface area contributed by atoms with Gasteiger partial charge in [-0.15, -0.1) is 0 Å². The van der Waals surface area contributed by atoms with Gasteiger partial charge < -0.3 is 10.2 Å². The highest BCUT2D eigenvalue weighted by atomic mass is 35.5. The van der Waals surface area contributed by atoms with Crippen molar-refractivity contribution in [3.63, 3.8) is 0 Å². The van der Waals surface area contributed by atoms with Gasteiger partial charge in [-0.25, -0.2) is 8.42 Å². The first-order chi connectivity index (χ1) is 18.6. The predicted molar refractivity (Wildman–Crippen MR) is 156 cm³/mol. The Hall–Kier alpha value is -3.36. The van der Waals surface area contributed by atoms with E-state index in [1.54, 1.807) is 60.7 Å². The minimum atomic E-state index is -4.10. The van der Waals surface area contributed by atoms with E-state index in [0.29, 0.717) is 22.7 Å². The third-order valence-corrected chi connectivity index (χ3v) is 8.77. The number of para-hydroxylation sites is 1. The van der Waals surface area contributed by atoms with E-state index in [1.165, 1.54) is 17.0 Å². The molecule has 0 aliphatic heterocycles. The van der Waals surface area contributed by atoms with Crippen LogP contribution in [0.25, 0.3) is 0 Å². The second kappa shape index (κ2) is 13.6. The second-order valence-corrected chi connectivity index (χ2v) is 11.8. The molecule has 0 aromatic heterocycles. The van der Waals surface area contributed by atoms with Gasteiger partial charge in [-0.2, -0.15) is 0 Å². The lowest BCUT2D eigenvalue weighted by molar-refractivity contribution is -0.140. The van der Waals surface area contributed by atoms with E-state index in [4.69, 9.17) is 11.6 Å². The minimum absolute atomic E-state index is 0.0537. The van der Waals surface area contributed by atoms with E-state index < -0.39 is 28.5 Å². The van der Waals surface area contributed by atoms with Crippen LogP contribution in [-0.4, -0.2) is 43.8 Å². The van der Waals surface area contributed by atoms with Crippen molar-refractivity contribution in [1.82, 2.24) is 10.2 Å². The number of nitrogens with one attached hydrogen (secondary N) is 1. The Morgan fingerprint density at radius 3 is 2.10 bits per heavy atom. The summed E-state index contributed by atoms with van der Waals surface area (Å²) < 4.78 is 28.8. The Morgan fingerprint density at radius 1 is 0.897 bits per heavy atom. The Bertz CT molecular complexity index is 1360. The summed E-state index contributed by atoms with van der Waals surface area (Å²) in [6, 6.07) is 21.2. The molecule has 208 valence electrons. The summed E-state index contributed by atoms with van der Waals surface area (Å²) in [5, 5.41) is 3.42. The lowest BCUT2D eigenvalue weighted by Gasteiger charge is -2.34. The Labute approximate surface area is 236 Å². The molecule has 1 N–H and O–H groups in total. The largest absolute Gasteiger partial charge is 0.352 e. The molecular weight excluding hydrogens is 534 g/mol. The molecule has 0 fully saturated rings. The van der Waals surface area contributed by atoms with E-state index in [1.807, 2.05) is 33.8 Å². The third-order valence-electron chi connectivity index (χ3n) is 6.62. The molecule has 0 aliphatic rings. The van der Waals surface area contributed by atoms with E-state index >= 15 is 0 Å². The first-order valence-corrected chi connectivity index (χ1v) is 14.9. The van der Waals surface area contributed by atoms with Crippen molar-refractivity contribution in [2.45, 2.75) is 64.1 Å². The van der Waals surface area contributed by atoms with Gasteiger partial charge in [-0.05, 0) is 62.6 Å². The van der Waals surface area contributed by atoms with Crippen LogP contribution in [0, 0.1) is 6.92 Å². The van der Waals surface area contributed by atoms with Crippen LogP contribution in [0.4, 0.5) is 5.69 Å². The van der Waals surface area contributed by atoms with E-state index in [-0.39, 0.29) is 23.4 Å². The average Bonchev–Trinajstić information content (AvgIpc) is 2.93. The van der Waals surface area contributed by atoms with Crippen LogP contribution < -0.4 is 9.62 Å². The summed E-state index contributed by atoms with van der Waals surface area (Å²) in [5.74, 6) is -0.805. The standard InChI is InChI=1S/C30H36ClN3O4S/c1-5-23(4)32-30(36)28(6-2)33(20-24-12-10-11-15-27(24)31)29(35)21-34(25-13-8-7-9-14-25)39(37,38)26-18-16-22(3)17-19-26/h7-19,23,28H,5-6,20-21H2,1-4H3,(H,32,36). The zero-order valence-corrected chi connectivity index (χ0v) is 24.4. The van der Waals surface area contributed by atoms with Crippen molar-refractivity contribution in [1.29, 1.82) is 0 Å². The molecule has 0 saturated carbocycles. The fraction of sp³-hybridized carbons (Fsp3) is 0.333. The molecule has 3 rings (SSSR count). The van der Waals surface area contributed by atoms with Crippen molar-refractivity contribution in [2.75, 3.05) is 10.8 Å². The molecule has 3 aromatic rings. The van der Waals surface area contributed by atoms with Crippen LogP contribution in [0.3, 0.4) is 0 Å². The molecule has 0 bridgehead atoms. The van der Waals surface area contributed by atoms with Crippen LogP contribution in [-0.2, 0) is 26.2 Å². The molecule has 7 nitrogen and oxygen atoms in total. The number of amides is 2. The number of nitrogens with zero attached hydrogens (tertiary/aromatic N) is 2. The first kappa shape index (κ1) is 30.2. The quantitative estimate of drug-likeness (QED) is 0.309.